The van der Waals surface area contributed by atoms with Gasteiger partial charge in [0.1, 0.15) is 5.75 Å². The summed E-state index contributed by atoms with van der Waals surface area (Å²) in [6.45, 7) is 6.18. The first-order valence-corrected chi connectivity index (χ1v) is 8.40. The monoisotopic (exact) mass is 338 g/mol. The standard InChI is InChI=1S/C20H22N2O3/c1-12(2)14-5-7-15(8-6-14)21-19(23)11-18-20(24)22-16-10-13(3)4-9-17(16)25-18/h4-10,12,18H,11H2,1-3H3,(H,21,23)(H,22,24)/t18-/m1/s1. The normalized spacial score (nSPS) is 16.0. The molecule has 0 unspecified atom stereocenters. The first-order chi connectivity index (χ1) is 11.9. The summed E-state index contributed by atoms with van der Waals surface area (Å²) in [7, 11) is 0. The van der Waals surface area contributed by atoms with Gasteiger partial charge in [-0.05, 0) is 48.2 Å². The molecule has 130 valence electrons. The van der Waals surface area contributed by atoms with E-state index in [1.165, 1.54) is 5.56 Å². The third kappa shape index (κ3) is 3.99. The minimum atomic E-state index is -0.829. The van der Waals surface area contributed by atoms with Gasteiger partial charge in [-0.2, -0.15) is 0 Å². The summed E-state index contributed by atoms with van der Waals surface area (Å²) >= 11 is 0. The minimum Gasteiger partial charge on any atom is -0.478 e. The quantitative estimate of drug-likeness (QED) is 0.890. The van der Waals surface area contributed by atoms with Gasteiger partial charge >= 0.3 is 0 Å². The summed E-state index contributed by atoms with van der Waals surface area (Å²) in [5.74, 6) is 0.466. The van der Waals surface area contributed by atoms with Gasteiger partial charge in [0.15, 0.2) is 6.10 Å². The van der Waals surface area contributed by atoms with E-state index in [2.05, 4.69) is 24.5 Å². The Balaban J connectivity index is 1.63. The van der Waals surface area contributed by atoms with Gasteiger partial charge in [0, 0.05) is 5.69 Å². The lowest BCUT2D eigenvalue weighted by molar-refractivity contribution is -0.128. The molecule has 0 spiro atoms. The lowest BCUT2D eigenvalue weighted by Gasteiger charge is -2.25. The van der Waals surface area contributed by atoms with Crippen molar-refractivity contribution in [2.45, 2.75) is 39.2 Å². The highest BCUT2D eigenvalue weighted by Gasteiger charge is 2.29. The number of nitrogens with one attached hydrogen (secondary N) is 2. The van der Waals surface area contributed by atoms with Crippen molar-refractivity contribution < 1.29 is 14.3 Å². The lowest BCUT2D eigenvalue weighted by atomic mass is 10.0. The van der Waals surface area contributed by atoms with Gasteiger partial charge in [0.2, 0.25) is 5.91 Å². The molecule has 0 fully saturated rings. The summed E-state index contributed by atoms with van der Waals surface area (Å²) in [5, 5.41) is 5.61. The molecule has 2 aromatic carbocycles. The zero-order valence-corrected chi connectivity index (χ0v) is 14.6. The summed E-state index contributed by atoms with van der Waals surface area (Å²) in [5.41, 5.74) is 3.59. The number of carbonyl (C=O) groups excluding carboxylic acids is 2. The largest absolute Gasteiger partial charge is 0.478 e. The van der Waals surface area contributed by atoms with E-state index in [9.17, 15) is 9.59 Å². The SMILES string of the molecule is Cc1ccc2c(c1)NC(=O)[C@@H](CC(=O)Nc1ccc(C(C)C)cc1)O2. The molecule has 1 atom stereocenters. The Morgan fingerprint density at radius 2 is 1.92 bits per heavy atom. The number of hydrogen-bond donors (Lipinski definition) is 2. The zero-order valence-electron chi connectivity index (χ0n) is 14.6. The predicted molar refractivity (Wildman–Crippen MR) is 98.0 cm³/mol. The van der Waals surface area contributed by atoms with Crippen LogP contribution in [0.25, 0.3) is 0 Å². The van der Waals surface area contributed by atoms with Crippen LogP contribution in [0.4, 0.5) is 11.4 Å². The van der Waals surface area contributed by atoms with Crippen LogP contribution in [-0.2, 0) is 9.59 Å². The maximum absolute atomic E-state index is 12.2. The number of rotatable bonds is 4. The molecule has 0 aromatic heterocycles. The van der Waals surface area contributed by atoms with Gasteiger partial charge < -0.3 is 15.4 Å². The second-order valence-corrected chi connectivity index (χ2v) is 6.62. The van der Waals surface area contributed by atoms with Crippen LogP contribution >= 0.6 is 0 Å². The van der Waals surface area contributed by atoms with Crippen molar-refractivity contribution in [2.24, 2.45) is 0 Å². The molecule has 2 N–H and O–H groups in total. The van der Waals surface area contributed by atoms with Crippen LogP contribution < -0.4 is 15.4 Å². The predicted octanol–water partition coefficient (Wildman–Crippen LogP) is 3.85. The number of fused-ring (bicyclic) bond motifs is 1. The van der Waals surface area contributed by atoms with E-state index >= 15 is 0 Å². The minimum absolute atomic E-state index is 0.0366. The second kappa shape index (κ2) is 6.97. The molecular formula is C20H22N2O3. The third-order valence-electron chi connectivity index (χ3n) is 4.19. The Bertz CT molecular complexity index is 797. The molecule has 0 saturated carbocycles. The van der Waals surface area contributed by atoms with Crippen LogP contribution in [0.1, 0.15) is 37.3 Å². The molecule has 0 aliphatic carbocycles. The van der Waals surface area contributed by atoms with Crippen LogP contribution in [0.3, 0.4) is 0 Å². The second-order valence-electron chi connectivity index (χ2n) is 6.62. The van der Waals surface area contributed by atoms with E-state index in [1.54, 1.807) is 6.07 Å². The maximum Gasteiger partial charge on any atom is 0.266 e. The van der Waals surface area contributed by atoms with Crippen molar-refractivity contribution in [1.82, 2.24) is 0 Å². The molecule has 0 radical (unpaired) electrons. The Hall–Kier alpha value is -2.82. The smallest absolute Gasteiger partial charge is 0.266 e. The van der Waals surface area contributed by atoms with E-state index in [4.69, 9.17) is 4.74 Å². The molecule has 2 amide bonds. The van der Waals surface area contributed by atoms with Crippen molar-refractivity contribution in [3.63, 3.8) is 0 Å². The zero-order chi connectivity index (χ0) is 18.0. The van der Waals surface area contributed by atoms with Crippen LogP contribution in [-0.4, -0.2) is 17.9 Å². The number of ether oxygens (including phenoxy) is 1. The lowest BCUT2D eigenvalue weighted by Crippen LogP contribution is -2.39. The molecule has 1 heterocycles. The van der Waals surface area contributed by atoms with Gasteiger partial charge in [-0.3, -0.25) is 9.59 Å². The topological polar surface area (TPSA) is 67.4 Å². The highest BCUT2D eigenvalue weighted by molar-refractivity contribution is 6.02. The highest BCUT2D eigenvalue weighted by Crippen LogP contribution is 2.31. The van der Waals surface area contributed by atoms with Gasteiger partial charge in [-0.15, -0.1) is 0 Å². The summed E-state index contributed by atoms with van der Waals surface area (Å²) in [4.78, 5) is 24.4. The van der Waals surface area contributed by atoms with Crippen LogP contribution in [0.15, 0.2) is 42.5 Å². The van der Waals surface area contributed by atoms with Crippen molar-refractivity contribution in [3.8, 4) is 5.75 Å². The Kier molecular flexibility index (Phi) is 4.74. The molecular weight excluding hydrogens is 316 g/mol. The van der Waals surface area contributed by atoms with Crippen molar-refractivity contribution in [3.05, 3.63) is 53.6 Å². The third-order valence-corrected chi connectivity index (χ3v) is 4.19. The van der Waals surface area contributed by atoms with Gasteiger partial charge in [0.25, 0.3) is 5.91 Å². The molecule has 0 saturated heterocycles. The number of carbonyl (C=O) groups is 2. The van der Waals surface area contributed by atoms with Crippen LogP contribution in [0, 0.1) is 6.92 Å². The summed E-state index contributed by atoms with van der Waals surface area (Å²) in [6, 6.07) is 13.3. The highest BCUT2D eigenvalue weighted by atomic mass is 16.5. The fraction of sp³-hybridized carbons (Fsp3) is 0.300. The van der Waals surface area contributed by atoms with Crippen molar-refractivity contribution >= 4 is 23.2 Å². The van der Waals surface area contributed by atoms with Gasteiger partial charge in [-0.1, -0.05) is 32.0 Å². The van der Waals surface area contributed by atoms with Gasteiger partial charge in [0.05, 0.1) is 12.1 Å². The number of aryl methyl sites for hydroxylation is 1. The van der Waals surface area contributed by atoms with Crippen molar-refractivity contribution in [1.29, 1.82) is 0 Å². The molecule has 5 nitrogen and oxygen atoms in total. The Morgan fingerprint density at radius 1 is 1.20 bits per heavy atom. The number of amides is 2. The van der Waals surface area contributed by atoms with E-state index in [0.29, 0.717) is 23.0 Å². The number of anilines is 2. The maximum atomic E-state index is 12.2. The molecule has 1 aliphatic heterocycles. The first kappa shape index (κ1) is 17.0. The number of benzene rings is 2. The molecule has 25 heavy (non-hydrogen) atoms. The first-order valence-electron chi connectivity index (χ1n) is 8.40. The Labute approximate surface area is 147 Å². The fourth-order valence-corrected chi connectivity index (χ4v) is 2.73. The average Bonchev–Trinajstić information content (AvgIpc) is 2.56. The number of hydrogen-bond acceptors (Lipinski definition) is 3. The van der Waals surface area contributed by atoms with E-state index in [0.717, 1.165) is 5.56 Å². The van der Waals surface area contributed by atoms with E-state index < -0.39 is 6.10 Å². The Morgan fingerprint density at radius 3 is 2.60 bits per heavy atom. The van der Waals surface area contributed by atoms with Crippen molar-refractivity contribution in [2.75, 3.05) is 10.6 Å². The molecule has 3 rings (SSSR count). The van der Waals surface area contributed by atoms with Crippen LogP contribution in [0.2, 0.25) is 0 Å². The molecule has 5 heteroatoms. The molecule has 2 aromatic rings. The summed E-state index contributed by atoms with van der Waals surface area (Å²) < 4.78 is 5.69. The fourth-order valence-electron chi connectivity index (χ4n) is 2.73. The van der Waals surface area contributed by atoms with Gasteiger partial charge in [-0.25, -0.2) is 0 Å². The van der Waals surface area contributed by atoms with E-state index in [1.807, 2.05) is 43.3 Å². The molecule has 1 aliphatic rings. The average molecular weight is 338 g/mol. The van der Waals surface area contributed by atoms with E-state index in [-0.39, 0.29) is 18.2 Å². The van der Waals surface area contributed by atoms with Crippen LogP contribution in [0.5, 0.6) is 5.75 Å². The molecule has 0 bridgehead atoms. The summed E-state index contributed by atoms with van der Waals surface area (Å²) in [6.07, 6.45) is -0.865.